The first kappa shape index (κ1) is 11.1. The van der Waals surface area contributed by atoms with E-state index in [1.807, 2.05) is 5.38 Å². The van der Waals surface area contributed by atoms with Crippen molar-refractivity contribution < 1.29 is 9.90 Å². The summed E-state index contributed by atoms with van der Waals surface area (Å²) in [6.07, 6.45) is 3.91. The van der Waals surface area contributed by atoms with Gasteiger partial charge in [0.2, 0.25) is 0 Å². The van der Waals surface area contributed by atoms with Gasteiger partial charge in [-0.25, -0.2) is 0 Å². The van der Waals surface area contributed by atoms with E-state index in [9.17, 15) is 4.79 Å². The van der Waals surface area contributed by atoms with Crippen molar-refractivity contribution in [1.29, 1.82) is 0 Å². The summed E-state index contributed by atoms with van der Waals surface area (Å²) in [5.41, 5.74) is 0. The van der Waals surface area contributed by atoms with E-state index in [0.717, 1.165) is 4.47 Å². The van der Waals surface area contributed by atoms with E-state index in [2.05, 4.69) is 22.0 Å². The fourth-order valence-electron chi connectivity index (χ4n) is 2.05. The van der Waals surface area contributed by atoms with Crippen LogP contribution < -0.4 is 0 Å². The molecule has 2 rings (SSSR count). The smallest absolute Gasteiger partial charge is 0.304 e. The Bertz CT molecular complexity index is 357. The minimum absolute atomic E-state index is 0.229. The van der Waals surface area contributed by atoms with Crippen molar-refractivity contribution in [3.63, 3.8) is 0 Å². The number of halogens is 1. The normalized spacial score (nSPS) is 18.5. The molecule has 4 heteroatoms. The molecule has 0 radical (unpaired) electrons. The van der Waals surface area contributed by atoms with Gasteiger partial charge in [0, 0.05) is 20.6 Å². The van der Waals surface area contributed by atoms with Crippen molar-refractivity contribution in [2.24, 2.45) is 5.92 Å². The average molecular weight is 289 g/mol. The van der Waals surface area contributed by atoms with E-state index in [-0.39, 0.29) is 12.3 Å². The fraction of sp³-hybridized carbons (Fsp3) is 0.545. The number of thiophene rings is 1. The second-order valence-electron chi connectivity index (χ2n) is 4.06. The van der Waals surface area contributed by atoms with Crippen molar-refractivity contribution in [3.8, 4) is 0 Å². The van der Waals surface area contributed by atoms with Crippen LogP contribution in [0.25, 0.3) is 0 Å². The van der Waals surface area contributed by atoms with Gasteiger partial charge in [0.15, 0.2) is 0 Å². The van der Waals surface area contributed by atoms with Crippen LogP contribution in [0.4, 0.5) is 0 Å². The molecule has 1 aromatic rings. The van der Waals surface area contributed by atoms with Crippen LogP contribution in [-0.2, 0) is 4.79 Å². The molecule has 2 nitrogen and oxygen atoms in total. The number of rotatable bonds is 4. The maximum absolute atomic E-state index is 10.8. The van der Waals surface area contributed by atoms with Crippen LogP contribution >= 0.6 is 27.3 Å². The zero-order chi connectivity index (χ0) is 10.8. The third-order valence-corrected chi connectivity index (χ3v) is 4.89. The zero-order valence-electron chi connectivity index (χ0n) is 8.28. The Labute approximate surface area is 101 Å². The lowest BCUT2D eigenvalue weighted by Gasteiger charge is -2.32. The van der Waals surface area contributed by atoms with Crippen LogP contribution in [0.2, 0.25) is 0 Å². The highest BCUT2D eigenvalue weighted by Gasteiger charge is 2.30. The number of carboxylic acid groups (broad SMARTS) is 1. The zero-order valence-corrected chi connectivity index (χ0v) is 10.7. The predicted molar refractivity (Wildman–Crippen MR) is 64.4 cm³/mol. The van der Waals surface area contributed by atoms with Crippen LogP contribution in [0.1, 0.15) is 36.5 Å². The Morgan fingerprint density at radius 3 is 2.80 bits per heavy atom. The minimum atomic E-state index is -0.684. The van der Waals surface area contributed by atoms with Crippen LogP contribution in [-0.4, -0.2) is 11.1 Å². The summed E-state index contributed by atoms with van der Waals surface area (Å²) in [5.74, 6) is 0.135. The fourth-order valence-corrected chi connectivity index (χ4v) is 3.69. The first-order valence-corrected chi connectivity index (χ1v) is 6.80. The molecule has 15 heavy (non-hydrogen) atoms. The minimum Gasteiger partial charge on any atom is -0.481 e. The Hall–Kier alpha value is -0.350. The quantitative estimate of drug-likeness (QED) is 0.913. The summed E-state index contributed by atoms with van der Waals surface area (Å²) >= 11 is 5.09. The molecule has 0 aliphatic heterocycles. The highest BCUT2D eigenvalue weighted by Crippen LogP contribution is 2.43. The van der Waals surface area contributed by atoms with Crippen molar-refractivity contribution in [3.05, 3.63) is 20.8 Å². The monoisotopic (exact) mass is 288 g/mol. The van der Waals surface area contributed by atoms with Gasteiger partial charge in [-0.1, -0.05) is 6.42 Å². The first-order valence-electron chi connectivity index (χ1n) is 5.12. The second kappa shape index (κ2) is 4.66. The van der Waals surface area contributed by atoms with Crippen LogP contribution in [0.15, 0.2) is 15.9 Å². The van der Waals surface area contributed by atoms with E-state index >= 15 is 0 Å². The van der Waals surface area contributed by atoms with E-state index < -0.39 is 5.97 Å². The number of carbonyl (C=O) groups is 1. The summed E-state index contributed by atoms with van der Waals surface area (Å²) in [5, 5.41) is 10.9. The number of carboxylic acids is 1. The SMILES string of the molecule is O=C(O)CC(c1cc(Br)cs1)C1CCC1. The highest BCUT2D eigenvalue weighted by atomic mass is 79.9. The van der Waals surface area contributed by atoms with Gasteiger partial charge in [-0.2, -0.15) is 0 Å². The Morgan fingerprint density at radius 1 is 1.67 bits per heavy atom. The summed E-state index contributed by atoms with van der Waals surface area (Å²) in [4.78, 5) is 12.0. The van der Waals surface area contributed by atoms with Gasteiger partial charge in [0.25, 0.3) is 0 Å². The molecule has 1 atom stereocenters. The molecular formula is C11H13BrO2S. The molecule has 0 bridgehead atoms. The second-order valence-corrected chi connectivity index (χ2v) is 5.92. The van der Waals surface area contributed by atoms with E-state index in [0.29, 0.717) is 5.92 Å². The van der Waals surface area contributed by atoms with E-state index in [1.54, 1.807) is 11.3 Å². The third kappa shape index (κ3) is 2.61. The lowest BCUT2D eigenvalue weighted by atomic mass is 9.74. The van der Waals surface area contributed by atoms with Crippen LogP contribution in [0.3, 0.4) is 0 Å². The van der Waals surface area contributed by atoms with E-state index in [4.69, 9.17) is 5.11 Å². The van der Waals surface area contributed by atoms with E-state index in [1.165, 1.54) is 24.1 Å². The van der Waals surface area contributed by atoms with Gasteiger partial charge in [-0.3, -0.25) is 4.79 Å². The number of hydrogen-bond acceptors (Lipinski definition) is 2. The molecule has 1 fully saturated rings. The van der Waals surface area contributed by atoms with Gasteiger partial charge in [0.1, 0.15) is 0 Å². The van der Waals surface area contributed by atoms with Crippen molar-refractivity contribution >= 4 is 33.2 Å². The van der Waals surface area contributed by atoms with Gasteiger partial charge in [0.05, 0.1) is 6.42 Å². The van der Waals surface area contributed by atoms with Gasteiger partial charge in [-0.05, 0) is 40.8 Å². The summed E-state index contributed by atoms with van der Waals surface area (Å²) in [6, 6.07) is 2.07. The van der Waals surface area contributed by atoms with Crippen LogP contribution in [0.5, 0.6) is 0 Å². The van der Waals surface area contributed by atoms with Crippen molar-refractivity contribution in [2.75, 3.05) is 0 Å². The molecule has 0 spiro atoms. The van der Waals surface area contributed by atoms with Gasteiger partial charge >= 0.3 is 5.97 Å². The van der Waals surface area contributed by atoms with Crippen molar-refractivity contribution in [2.45, 2.75) is 31.6 Å². The number of hydrogen-bond donors (Lipinski definition) is 1. The Morgan fingerprint density at radius 2 is 2.40 bits per heavy atom. The molecule has 1 unspecified atom stereocenters. The largest absolute Gasteiger partial charge is 0.481 e. The first-order chi connectivity index (χ1) is 7.16. The molecule has 1 N–H and O–H groups in total. The lowest BCUT2D eigenvalue weighted by molar-refractivity contribution is -0.137. The molecule has 1 heterocycles. The predicted octanol–water partition coefficient (Wildman–Crippen LogP) is 3.87. The molecule has 1 saturated carbocycles. The maximum Gasteiger partial charge on any atom is 0.304 e. The molecular weight excluding hydrogens is 276 g/mol. The van der Waals surface area contributed by atoms with Crippen LogP contribution in [0, 0.1) is 5.92 Å². The van der Waals surface area contributed by atoms with Gasteiger partial charge in [-0.15, -0.1) is 11.3 Å². The molecule has 1 aromatic heterocycles. The molecule has 0 aromatic carbocycles. The molecule has 82 valence electrons. The third-order valence-electron chi connectivity index (χ3n) is 3.07. The molecule has 0 saturated heterocycles. The lowest BCUT2D eigenvalue weighted by Crippen LogP contribution is -2.22. The summed E-state index contributed by atoms with van der Waals surface area (Å²) in [7, 11) is 0. The summed E-state index contributed by atoms with van der Waals surface area (Å²) < 4.78 is 1.07. The highest BCUT2D eigenvalue weighted by molar-refractivity contribution is 9.10. The molecule has 0 amide bonds. The molecule has 1 aliphatic rings. The Balaban J connectivity index is 2.13. The van der Waals surface area contributed by atoms with Crippen molar-refractivity contribution in [1.82, 2.24) is 0 Å². The maximum atomic E-state index is 10.8. The molecule has 1 aliphatic carbocycles. The average Bonchev–Trinajstić information content (AvgIpc) is 2.46. The number of aliphatic carboxylic acids is 1. The Kier molecular flexibility index (Phi) is 3.46. The summed E-state index contributed by atoms with van der Waals surface area (Å²) in [6.45, 7) is 0. The topological polar surface area (TPSA) is 37.3 Å². The standard InChI is InChI=1S/C11H13BrO2S/c12-8-4-10(15-6-8)9(5-11(13)14)7-2-1-3-7/h4,6-7,9H,1-3,5H2,(H,13,14). The van der Waals surface area contributed by atoms with Gasteiger partial charge < -0.3 is 5.11 Å².